The number of nitro groups is 1. The SMILES string of the molecule is O=C(NC1CCCCC1)c1n[nH]c2ccc([N+](=O)[O-])cc12. The van der Waals surface area contributed by atoms with Gasteiger partial charge in [0.1, 0.15) is 0 Å². The van der Waals surface area contributed by atoms with Crippen LogP contribution in [0.25, 0.3) is 10.9 Å². The molecule has 0 radical (unpaired) electrons. The van der Waals surface area contributed by atoms with Crippen molar-refractivity contribution in [1.29, 1.82) is 0 Å². The Morgan fingerprint density at radius 3 is 2.81 bits per heavy atom. The fourth-order valence-electron chi connectivity index (χ4n) is 2.79. The Bertz CT molecular complexity index is 689. The van der Waals surface area contributed by atoms with E-state index in [1.54, 1.807) is 6.07 Å². The van der Waals surface area contributed by atoms with E-state index in [0.29, 0.717) is 10.9 Å². The van der Waals surface area contributed by atoms with Gasteiger partial charge in [-0.1, -0.05) is 19.3 Å². The second-order valence-corrected chi connectivity index (χ2v) is 5.37. The number of nitrogens with zero attached hydrogens (tertiary/aromatic N) is 2. The highest BCUT2D eigenvalue weighted by atomic mass is 16.6. The normalized spacial score (nSPS) is 16.0. The van der Waals surface area contributed by atoms with E-state index in [1.807, 2.05) is 0 Å². The highest BCUT2D eigenvalue weighted by Crippen LogP contribution is 2.23. The molecule has 0 atom stereocenters. The van der Waals surface area contributed by atoms with Gasteiger partial charge in [-0.2, -0.15) is 5.10 Å². The molecule has 21 heavy (non-hydrogen) atoms. The molecule has 1 heterocycles. The molecule has 1 saturated carbocycles. The van der Waals surface area contributed by atoms with Gasteiger partial charge in [-0.15, -0.1) is 0 Å². The van der Waals surface area contributed by atoms with Crippen molar-refractivity contribution in [1.82, 2.24) is 15.5 Å². The molecule has 2 N–H and O–H groups in total. The van der Waals surface area contributed by atoms with Crippen LogP contribution in [0.4, 0.5) is 5.69 Å². The molecular formula is C14H16N4O3. The Labute approximate surface area is 120 Å². The summed E-state index contributed by atoms with van der Waals surface area (Å²) in [6, 6.07) is 4.52. The van der Waals surface area contributed by atoms with Crippen LogP contribution in [0.1, 0.15) is 42.6 Å². The van der Waals surface area contributed by atoms with Crippen molar-refractivity contribution in [3.05, 3.63) is 34.0 Å². The van der Waals surface area contributed by atoms with Crippen molar-refractivity contribution >= 4 is 22.5 Å². The highest BCUT2D eigenvalue weighted by Gasteiger charge is 2.21. The van der Waals surface area contributed by atoms with E-state index in [9.17, 15) is 14.9 Å². The third-order valence-corrected chi connectivity index (χ3v) is 3.91. The molecule has 0 saturated heterocycles. The maximum absolute atomic E-state index is 12.3. The molecule has 0 bridgehead atoms. The van der Waals surface area contributed by atoms with Gasteiger partial charge in [-0.05, 0) is 18.9 Å². The van der Waals surface area contributed by atoms with E-state index in [4.69, 9.17) is 0 Å². The van der Waals surface area contributed by atoms with E-state index in [2.05, 4.69) is 15.5 Å². The zero-order valence-corrected chi connectivity index (χ0v) is 11.5. The molecule has 1 aromatic carbocycles. The van der Waals surface area contributed by atoms with Crippen LogP contribution in [-0.4, -0.2) is 27.1 Å². The first-order valence-electron chi connectivity index (χ1n) is 7.08. The molecule has 110 valence electrons. The number of aromatic amines is 1. The summed E-state index contributed by atoms with van der Waals surface area (Å²) in [7, 11) is 0. The topological polar surface area (TPSA) is 101 Å². The minimum Gasteiger partial charge on any atom is -0.348 e. The molecule has 3 rings (SSSR count). The average Bonchev–Trinajstić information content (AvgIpc) is 2.91. The predicted octanol–water partition coefficient (Wildman–Crippen LogP) is 2.53. The Morgan fingerprint density at radius 2 is 2.10 bits per heavy atom. The number of fused-ring (bicyclic) bond motifs is 1. The van der Waals surface area contributed by atoms with Gasteiger partial charge >= 0.3 is 0 Å². The number of hydrogen-bond acceptors (Lipinski definition) is 4. The number of nitrogens with one attached hydrogen (secondary N) is 2. The minimum atomic E-state index is -0.477. The number of H-pyrrole nitrogens is 1. The van der Waals surface area contributed by atoms with Crippen LogP contribution in [0, 0.1) is 10.1 Å². The summed E-state index contributed by atoms with van der Waals surface area (Å²) in [4.78, 5) is 22.7. The maximum atomic E-state index is 12.3. The van der Waals surface area contributed by atoms with Crippen molar-refractivity contribution in [2.75, 3.05) is 0 Å². The number of aromatic nitrogens is 2. The molecule has 1 aliphatic carbocycles. The van der Waals surface area contributed by atoms with Crippen molar-refractivity contribution in [3.63, 3.8) is 0 Å². The molecule has 2 aromatic rings. The van der Waals surface area contributed by atoms with Gasteiger partial charge in [0, 0.05) is 23.6 Å². The van der Waals surface area contributed by atoms with Gasteiger partial charge in [0.15, 0.2) is 5.69 Å². The molecule has 7 heteroatoms. The molecule has 1 amide bonds. The summed E-state index contributed by atoms with van der Waals surface area (Å²) in [5, 5.41) is 21.0. The van der Waals surface area contributed by atoms with Gasteiger partial charge in [0.25, 0.3) is 11.6 Å². The monoisotopic (exact) mass is 288 g/mol. The zero-order valence-electron chi connectivity index (χ0n) is 11.5. The minimum absolute atomic E-state index is 0.0457. The lowest BCUT2D eigenvalue weighted by molar-refractivity contribution is -0.384. The number of carbonyl (C=O) groups is 1. The number of nitro benzene ring substituents is 1. The van der Waals surface area contributed by atoms with Crippen molar-refractivity contribution in [3.8, 4) is 0 Å². The lowest BCUT2D eigenvalue weighted by Crippen LogP contribution is -2.36. The quantitative estimate of drug-likeness (QED) is 0.669. The van der Waals surface area contributed by atoms with Gasteiger partial charge in [-0.3, -0.25) is 20.0 Å². The molecule has 0 unspecified atom stereocenters. The molecule has 1 fully saturated rings. The molecule has 7 nitrogen and oxygen atoms in total. The van der Waals surface area contributed by atoms with E-state index in [0.717, 1.165) is 25.7 Å². The lowest BCUT2D eigenvalue weighted by Gasteiger charge is -2.22. The van der Waals surface area contributed by atoms with Crippen LogP contribution in [0.15, 0.2) is 18.2 Å². The van der Waals surface area contributed by atoms with E-state index >= 15 is 0 Å². The summed E-state index contributed by atoms with van der Waals surface area (Å²) < 4.78 is 0. The van der Waals surface area contributed by atoms with Gasteiger partial charge < -0.3 is 5.32 Å². The summed E-state index contributed by atoms with van der Waals surface area (Å²) in [5.74, 6) is -0.270. The third kappa shape index (κ3) is 2.72. The molecule has 1 aromatic heterocycles. The van der Waals surface area contributed by atoms with Crippen LogP contribution in [-0.2, 0) is 0 Å². The van der Waals surface area contributed by atoms with Crippen LogP contribution in [0.3, 0.4) is 0 Å². The Kier molecular flexibility index (Phi) is 3.55. The van der Waals surface area contributed by atoms with Crippen molar-refractivity contribution in [2.45, 2.75) is 38.1 Å². The molecule has 0 aliphatic heterocycles. The van der Waals surface area contributed by atoms with Gasteiger partial charge in [0.05, 0.1) is 10.4 Å². The van der Waals surface area contributed by atoms with Gasteiger partial charge in [0.2, 0.25) is 0 Å². The summed E-state index contributed by atoms with van der Waals surface area (Å²) in [6.45, 7) is 0. The summed E-state index contributed by atoms with van der Waals surface area (Å²) in [5.41, 5.74) is 0.796. The van der Waals surface area contributed by atoms with E-state index in [1.165, 1.54) is 18.6 Å². The molecular weight excluding hydrogens is 272 g/mol. The first-order valence-corrected chi connectivity index (χ1v) is 7.08. The van der Waals surface area contributed by atoms with Crippen LogP contribution in [0.5, 0.6) is 0 Å². The second-order valence-electron chi connectivity index (χ2n) is 5.37. The second kappa shape index (κ2) is 5.51. The Hall–Kier alpha value is -2.44. The maximum Gasteiger partial charge on any atom is 0.272 e. The number of rotatable bonds is 3. The Balaban J connectivity index is 1.86. The van der Waals surface area contributed by atoms with Crippen molar-refractivity contribution in [2.24, 2.45) is 0 Å². The summed E-state index contributed by atoms with van der Waals surface area (Å²) in [6.07, 6.45) is 5.42. The van der Waals surface area contributed by atoms with Crippen LogP contribution >= 0.6 is 0 Å². The Morgan fingerprint density at radius 1 is 1.33 bits per heavy atom. The summed E-state index contributed by atoms with van der Waals surface area (Å²) >= 11 is 0. The van der Waals surface area contributed by atoms with Crippen molar-refractivity contribution < 1.29 is 9.72 Å². The number of benzene rings is 1. The van der Waals surface area contributed by atoms with Crippen LogP contribution < -0.4 is 5.32 Å². The third-order valence-electron chi connectivity index (χ3n) is 3.91. The highest BCUT2D eigenvalue weighted by molar-refractivity contribution is 6.05. The standard InChI is InChI=1S/C14H16N4O3/c19-14(15-9-4-2-1-3-5-9)13-11-8-10(18(20)21)6-7-12(11)16-17-13/h6-9H,1-5H2,(H,15,19)(H,16,17). The average molecular weight is 288 g/mol. The molecule has 1 aliphatic rings. The smallest absolute Gasteiger partial charge is 0.272 e. The zero-order chi connectivity index (χ0) is 14.8. The lowest BCUT2D eigenvalue weighted by atomic mass is 9.95. The van der Waals surface area contributed by atoms with E-state index in [-0.39, 0.29) is 23.3 Å². The largest absolute Gasteiger partial charge is 0.348 e. The first kappa shape index (κ1) is 13.5. The number of hydrogen-bond donors (Lipinski definition) is 2. The number of non-ortho nitro benzene ring substituents is 1. The van der Waals surface area contributed by atoms with Crippen LogP contribution in [0.2, 0.25) is 0 Å². The predicted molar refractivity (Wildman–Crippen MR) is 77.1 cm³/mol. The van der Waals surface area contributed by atoms with E-state index < -0.39 is 4.92 Å². The fourth-order valence-corrected chi connectivity index (χ4v) is 2.79. The number of carbonyl (C=O) groups excluding carboxylic acids is 1. The van der Waals surface area contributed by atoms with Gasteiger partial charge in [-0.25, -0.2) is 0 Å². The number of amides is 1. The fraction of sp³-hybridized carbons (Fsp3) is 0.429. The molecule has 0 spiro atoms. The first-order chi connectivity index (χ1) is 10.1.